The van der Waals surface area contributed by atoms with Crippen LogP contribution in [0.2, 0.25) is 0 Å². The molecular weight excluding hydrogens is 360 g/mol. The lowest BCUT2D eigenvalue weighted by Gasteiger charge is -2.18. The van der Waals surface area contributed by atoms with Crippen LogP contribution in [0.5, 0.6) is 0 Å². The quantitative estimate of drug-likeness (QED) is 0.471. The van der Waals surface area contributed by atoms with Crippen molar-refractivity contribution in [2.24, 2.45) is 11.5 Å². The van der Waals surface area contributed by atoms with Crippen LogP contribution in [0, 0.1) is 0 Å². The number of allylic oxidation sites excluding steroid dienone is 1. The number of hydrogen-bond donors (Lipinski definition) is 2. The maximum Gasteiger partial charge on any atom is 0.324 e. The number of rotatable bonds is 10. The summed E-state index contributed by atoms with van der Waals surface area (Å²) in [5, 5.41) is 0. The van der Waals surface area contributed by atoms with Gasteiger partial charge in [-0.3, -0.25) is 4.79 Å². The highest BCUT2D eigenvalue weighted by Gasteiger charge is 2.13. The van der Waals surface area contributed by atoms with Crippen molar-refractivity contribution in [2.75, 3.05) is 13.2 Å². The Kier molecular flexibility index (Phi) is 8.03. The monoisotopic (exact) mass is 392 g/mol. The van der Waals surface area contributed by atoms with Crippen molar-refractivity contribution < 1.29 is 9.53 Å². The molecule has 0 bridgehead atoms. The molecule has 1 aliphatic carbocycles. The Morgan fingerprint density at radius 3 is 2.59 bits per heavy atom. The molecule has 0 saturated carbocycles. The summed E-state index contributed by atoms with van der Waals surface area (Å²) in [7, 11) is 0. The molecule has 4 heteroatoms. The maximum absolute atomic E-state index is 11.4. The van der Waals surface area contributed by atoms with Crippen LogP contribution in [0.4, 0.5) is 0 Å². The molecule has 2 aromatic rings. The Morgan fingerprint density at radius 1 is 1.00 bits per heavy atom. The number of benzene rings is 2. The number of carbonyl (C=O) groups excluding carboxylic acids is 1. The molecule has 1 unspecified atom stereocenters. The van der Waals surface area contributed by atoms with Gasteiger partial charge in [-0.15, -0.1) is 0 Å². The number of unbranched alkanes of at least 4 members (excludes halogenated alkanes) is 3. The number of aryl methyl sites for hydroxylation is 2. The molecule has 1 aliphatic rings. The van der Waals surface area contributed by atoms with E-state index in [4.69, 9.17) is 16.2 Å². The van der Waals surface area contributed by atoms with E-state index in [9.17, 15) is 4.79 Å². The van der Waals surface area contributed by atoms with Gasteiger partial charge in [0.05, 0.1) is 6.61 Å². The summed E-state index contributed by atoms with van der Waals surface area (Å²) in [5.41, 5.74) is 17.9. The van der Waals surface area contributed by atoms with E-state index in [1.165, 1.54) is 27.8 Å². The lowest BCUT2D eigenvalue weighted by Crippen LogP contribution is -2.39. The van der Waals surface area contributed by atoms with Crippen LogP contribution in [0.3, 0.4) is 0 Å². The lowest BCUT2D eigenvalue weighted by molar-refractivity contribution is -0.145. The van der Waals surface area contributed by atoms with Crippen LogP contribution in [0.25, 0.3) is 11.6 Å². The van der Waals surface area contributed by atoms with Gasteiger partial charge in [0.15, 0.2) is 0 Å². The second-order valence-electron chi connectivity index (χ2n) is 7.74. The summed E-state index contributed by atoms with van der Waals surface area (Å²) in [6, 6.07) is 16.9. The molecule has 0 aromatic heterocycles. The van der Waals surface area contributed by atoms with E-state index in [0.717, 1.165) is 44.9 Å². The molecule has 0 amide bonds. The summed E-state index contributed by atoms with van der Waals surface area (Å²) in [4.78, 5) is 11.4. The van der Waals surface area contributed by atoms with E-state index in [-0.39, 0.29) is 6.54 Å². The third-order valence-corrected chi connectivity index (χ3v) is 5.51. The van der Waals surface area contributed by atoms with E-state index >= 15 is 0 Å². The minimum absolute atomic E-state index is 0.127. The van der Waals surface area contributed by atoms with Crippen molar-refractivity contribution in [1.29, 1.82) is 0 Å². The molecule has 154 valence electrons. The summed E-state index contributed by atoms with van der Waals surface area (Å²) < 4.78 is 5.12. The van der Waals surface area contributed by atoms with Crippen LogP contribution in [0.1, 0.15) is 54.4 Å². The van der Waals surface area contributed by atoms with Crippen LogP contribution in [-0.4, -0.2) is 25.2 Å². The van der Waals surface area contributed by atoms with E-state index in [1.54, 1.807) is 0 Å². The van der Waals surface area contributed by atoms with Crippen LogP contribution in [0.15, 0.2) is 48.5 Å². The van der Waals surface area contributed by atoms with Gasteiger partial charge in [0.25, 0.3) is 0 Å². The molecule has 0 spiro atoms. The summed E-state index contributed by atoms with van der Waals surface area (Å²) in [6.07, 6.45) is 9.86. The van der Waals surface area contributed by atoms with Gasteiger partial charge in [-0.25, -0.2) is 0 Å². The third-order valence-electron chi connectivity index (χ3n) is 5.51. The number of esters is 1. The topological polar surface area (TPSA) is 78.3 Å². The fraction of sp³-hybridized carbons (Fsp3) is 0.400. The Morgan fingerprint density at radius 2 is 1.79 bits per heavy atom. The van der Waals surface area contributed by atoms with Gasteiger partial charge in [0.1, 0.15) is 6.04 Å². The molecule has 29 heavy (non-hydrogen) atoms. The highest BCUT2D eigenvalue weighted by molar-refractivity contribution is 5.84. The van der Waals surface area contributed by atoms with E-state index in [2.05, 4.69) is 54.6 Å². The minimum atomic E-state index is -0.699. The molecule has 0 radical (unpaired) electrons. The van der Waals surface area contributed by atoms with Gasteiger partial charge in [-0.05, 0) is 59.9 Å². The average molecular weight is 393 g/mol. The molecule has 1 atom stereocenters. The Bertz CT molecular complexity index is 830. The summed E-state index contributed by atoms with van der Waals surface area (Å²) >= 11 is 0. The number of carbonyl (C=O) groups is 1. The van der Waals surface area contributed by atoms with E-state index in [1.807, 2.05) is 0 Å². The Hall–Kier alpha value is -2.43. The van der Waals surface area contributed by atoms with Crippen molar-refractivity contribution in [3.8, 4) is 0 Å². The standard InChI is InChI=1S/C25H32N2O2/c26-18-24(27)25(28)29-15-7-2-1-4-8-19-11-12-21-13-14-22(17-23(21)16-19)20-9-5-3-6-10-20/h3,5-6,9-12,16-17,24H,1-2,4,7-8,13-15,18,26-27H2. The normalized spacial score (nSPS) is 14.1. The summed E-state index contributed by atoms with van der Waals surface area (Å²) in [5.74, 6) is -0.399. The van der Waals surface area contributed by atoms with Crippen LogP contribution >= 0.6 is 0 Å². The molecule has 4 nitrogen and oxygen atoms in total. The molecule has 4 N–H and O–H groups in total. The molecular formula is C25H32N2O2. The smallest absolute Gasteiger partial charge is 0.324 e. The zero-order valence-electron chi connectivity index (χ0n) is 17.1. The minimum Gasteiger partial charge on any atom is -0.464 e. The molecule has 2 aromatic carbocycles. The van der Waals surface area contributed by atoms with Crippen LogP contribution < -0.4 is 11.5 Å². The van der Waals surface area contributed by atoms with Crippen molar-refractivity contribution in [3.05, 3.63) is 70.8 Å². The fourth-order valence-corrected chi connectivity index (χ4v) is 3.73. The summed E-state index contributed by atoms with van der Waals surface area (Å²) in [6.45, 7) is 0.556. The predicted octanol–water partition coefficient (Wildman–Crippen LogP) is 4.11. The predicted molar refractivity (Wildman–Crippen MR) is 119 cm³/mol. The van der Waals surface area contributed by atoms with Crippen molar-refractivity contribution in [2.45, 2.75) is 51.0 Å². The fourth-order valence-electron chi connectivity index (χ4n) is 3.73. The highest BCUT2D eigenvalue weighted by Crippen LogP contribution is 2.31. The molecule has 0 fully saturated rings. The Labute approximate surface area is 173 Å². The largest absolute Gasteiger partial charge is 0.464 e. The van der Waals surface area contributed by atoms with Crippen molar-refractivity contribution >= 4 is 17.6 Å². The number of fused-ring (bicyclic) bond motifs is 1. The van der Waals surface area contributed by atoms with Gasteiger partial charge in [-0.1, -0.05) is 67.4 Å². The zero-order chi connectivity index (χ0) is 20.5. The van der Waals surface area contributed by atoms with Gasteiger partial charge >= 0.3 is 5.97 Å². The van der Waals surface area contributed by atoms with Gasteiger partial charge in [0, 0.05) is 6.54 Å². The SMILES string of the molecule is NCC(N)C(=O)OCCCCCCc1ccc2c(c1)C=C(c1ccccc1)CC2. The first-order chi connectivity index (χ1) is 14.2. The first kappa shape index (κ1) is 21.3. The first-order valence-electron chi connectivity index (χ1n) is 10.7. The molecule has 0 heterocycles. The second kappa shape index (κ2) is 10.9. The number of ether oxygens (including phenoxy) is 1. The average Bonchev–Trinajstić information content (AvgIpc) is 2.77. The second-order valence-corrected chi connectivity index (χ2v) is 7.74. The Balaban J connectivity index is 1.43. The molecule has 3 rings (SSSR count). The molecule has 0 saturated heterocycles. The van der Waals surface area contributed by atoms with Gasteiger partial charge in [0.2, 0.25) is 0 Å². The van der Waals surface area contributed by atoms with E-state index in [0.29, 0.717) is 6.61 Å². The van der Waals surface area contributed by atoms with Crippen LogP contribution in [-0.2, 0) is 22.4 Å². The van der Waals surface area contributed by atoms with Gasteiger partial charge in [-0.2, -0.15) is 0 Å². The zero-order valence-corrected chi connectivity index (χ0v) is 17.1. The third kappa shape index (κ3) is 6.28. The van der Waals surface area contributed by atoms with Gasteiger partial charge < -0.3 is 16.2 Å². The van der Waals surface area contributed by atoms with E-state index < -0.39 is 12.0 Å². The molecule has 0 aliphatic heterocycles. The maximum atomic E-state index is 11.4. The van der Waals surface area contributed by atoms with Crippen molar-refractivity contribution in [1.82, 2.24) is 0 Å². The number of hydrogen-bond acceptors (Lipinski definition) is 4. The number of nitrogens with two attached hydrogens (primary N) is 2. The lowest BCUT2D eigenvalue weighted by atomic mass is 9.87. The van der Waals surface area contributed by atoms with Crippen molar-refractivity contribution in [3.63, 3.8) is 0 Å². The highest BCUT2D eigenvalue weighted by atomic mass is 16.5. The first-order valence-corrected chi connectivity index (χ1v) is 10.7.